The van der Waals surface area contributed by atoms with Gasteiger partial charge in [0.1, 0.15) is 10.8 Å². The van der Waals surface area contributed by atoms with Crippen LogP contribution in [0.3, 0.4) is 0 Å². The Hall–Kier alpha value is -2.55. The average molecular weight is 454 g/mol. The van der Waals surface area contributed by atoms with E-state index >= 15 is 0 Å². The van der Waals surface area contributed by atoms with Gasteiger partial charge in [-0.1, -0.05) is 23.2 Å². The molecule has 7 nitrogen and oxygen atoms in total. The van der Waals surface area contributed by atoms with Crippen molar-refractivity contribution in [2.75, 3.05) is 4.72 Å². The van der Waals surface area contributed by atoms with E-state index in [0.717, 1.165) is 4.68 Å². The third-order valence-electron chi connectivity index (χ3n) is 3.75. The lowest BCUT2D eigenvalue weighted by Gasteiger charge is -2.12. The molecule has 0 amide bonds. The highest BCUT2D eigenvalue weighted by molar-refractivity contribution is 7.92. The number of benzene rings is 2. The number of nitrogens with zero attached hydrogens (tertiary/aromatic N) is 2. The molecule has 0 unspecified atom stereocenters. The highest BCUT2D eigenvalue weighted by atomic mass is 35.5. The van der Waals surface area contributed by atoms with Crippen LogP contribution in [0.5, 0.6) is 5.75 Å². The molecule has 0 fully saturated rings. The quantitative estimate of drug-likeness (QED) is 0.605. The SMILES string of the molecule is CC(C)Oc1ccc(NS(=O)(=O)c2ccc(-n3ncc(Cl)c(Cl)c3=O)cc2)cc1. The second-order valence-electron chi connectivity index (χ2n) is 6.31. The fraction of sp³-hybridized carbons (Fsp3) is 0.158. The smallest absolute Gasteiger partial charge is 0.291 e. The van der Waals surface area contributed by atoms with E-state index in [1.807, 2.05) is 13.8 Å². The van der Waals surface area contributed by atoms with Crippen LogP contribution in [0.2, 0.25) is 10.0 Å². The van der Waals surface area contributed by atoms with Gasteiger partial charge in [-0.25, -0.2) is 8.42 Å². The molecule has 1 aromatic heterocycles. The van der Waals surface area contributed by atoms with Crippen molar-refractivity contribution in [2.24, 2.45) is 0 Å². The molecular formula is C19H17Cl2N3O4S. The van der Waals surface area contributed by atoms with Crippen molar-refractivity contribution < 1.29 is 13.2 Å². The molecule has 0 aliphatic rings. The van der Waals surface area contributed by atoms with Gasteiger partial charge in [-0.15, -0.1) is 0 Å². The molecule has 0 bridgehead atoms. The first kappa shape index (κ1) is 21.2. The Bertz CT molecular complexity index is 1180. The Labute approximate surface area is 177 Å². The average Bonchev–Trinajstić information content (AvgIpc) is 2.67. The van der Waals surface area contributed by atoms with Gasteiger partial charge in [0.15, 0.2) is 0 Å². The Morgan fingerprint density at radius 2 is 1.66 bits per heavy atom. The van der Waals surface area contributed by atoms with Crippen molar-refractivity contribution in [3.63, 3.8) is 0 Å². The van der Waals surface area contributed by atoms with Crippen molar-refractivity contribution in [2.45, 2.75) is 24.8 Å². The number of rotatable bonds is 6. The summed E-state index contributed by atoms with van der Waals surface area (Å²) in [5.41, 5.74) is 0.145. The number of halogens is 2. The number of hydrogen-bond donors (Lipinski definition) is 1. The van der Waals surface area contributed by atoms with Gasteiger partial charge in [-0.3, -0.25) is 9.52 Å². The fourth-order valence-corrected chi connectivity index (χ4v) is 3.76. The zero-order valence-corrected chi connectivity index (χ0v) is 17.8. The predicted molar refractivity (Wildman–Crippen MR) is 113 cm³/mol. The van der Waals surface area contributed by atoms with Crippen LogP contribution < -0.4 is 15.0 Å². The van der Waals surface area contributed by atoms with Crippen LogP contribution in [0.4, 0.5) is 5.69 Å². The summed E-state index contributed by atoms with van der Waals surface area (Å²) in [7, 11) is -3.82. The van der Waals surface area contributed by atoms with Crippen molar-refractivity contribution in [3.05, 3.63) is 75.1 Å². The number of sulfonamides is 1. The molecule has 0 atom stereocenters. The van der Waals surface area contributed by atoms with Gasteiger partial charge in [0.2, 0.25) is 0 Å². The summed E-state index contributed by atoms with van der Waals surface area (Å²) in [6, 6.07) is 12.2. The molecule has 1 N–H and O–H groups in total. The van der Waals surface area contributed by atoms with E-state index in [-0.39, 0.29) is 21.0 Å². The summed E-state index contributed by atoms with van der Waals surface area (Å²) in [5, 5.41) is 3.79. The lowest BCUT2D eigenvalue weighted by Crippen LogP contribution is -2.21. The summed E-state index contributed by atoms with van der Waals surface area (Å²) in [5.74, 6) is 0.645. The standard InChI is InChI=1S/C19H17Cl2N3O4S/c1-12(2)28-15-7-3-13(4-8-15)23-29(26,27)16-9-5-14(6-10-16)24-19(25)18(21)17(20)11-22-24/h3-12,23H,1-2H3. The van der Waals surface area contributed by atoms with Gasteiger partial charge in [0, 0.05) is 5.69 Å². The molecule has 3 aromatic rings. The van der Waals surface area contributed by atoms with Gasteiger partial charge in [-0.2, -0.15) is 9.78 Å². The predicted octanol–water partition coefficient (Wildman–Crippen LogP) is 4.13. The summed E-state index contributed by atoms with van der Waals surface area (Å²) >= 11 is 11.6. The molecule has 0 saturated heterocycles. The van der Waals surface area contributed by atoms with Crippen LogP contribution in [-0.2, 0) is 10.0 Å². The summed E-state index contributed by atoms with van der Waals surface area (Å²) in [6.45, 7) is 3.81. The molecule has 3 rings (SSSR count). The van der Waals surface area contributed by atoms with Crippen molar-refractivity contribution in [1.29, 1.82) is 0 Å². The topological polar surface area (TPSA) is 90.3 Å². The molecule has 152 valence electrons. The minimum absolute atomic E-state index is 0.0218. The van der Waals surface area contributed by atoms with Crippen LogP contribution in [0.15, 0.2) is 64.4 Å². The van der Waals surface area contributed by atoms with Gasteiger partial charge in [-0.05, 0) is 62.4 Å². The Morgan fingerprint density at radius 3 is 2.24 bits per heavy atom. The number of nitrogens with one attached hydrogen (secondary N) is 1. The summed E-state index contributed by atoms with van der Waals surface area (Å²) in [4.78, 5) is 12.2. The molecule has 10 heteroatoms. The summed E-state index contributed by atoms with van der Waals surface area (Å²) in [6.07, 6.45) is 1.26. The highest BCUT2D eigenvalue weighted by Gasteiger charge is 2.15. The number of ether oxygens (including phenoxy) is 1. The van der Waals surface area contributed by atoms with E-state index in [2.05, 4.69) is 9.82 Å². The van der Waals surface area contributed by atoms with Crippen LogP contribution in [0.25, 0.3) is 5.69 Å². The van der Waals surface area contributed by atoms with Crippen LogP contribution >= 0.6 is 23.2 Å². The van der Waals surface area contributed by atoms with E-state index in [1.165, 1.54) is 30.5 Å². The zero-order valence-electron chi connectivity index (χ0n) is 15.5. The van der Waals surface area contributed by atoms with Gasteiger partial charge < -0.3 is 4.74 Å². The van der Waals surface area contributed by atoms with E-state index in [4.69, 9.17) is 27.9 Å². The first-order valence-corrected chi connectivity index (χ1v) is 10.7. The number of anilines is 1. The molecule has 0 spiro atoms. The minimum atomic E-state index is -3.82. The third kappa shape index (κ3) is 4.90. The largest absolute Gasteiger partial charge is 0.491 e. The van der Waals surface area contributed by atoms with Gasteiger partial charge >= 0.3 is 0 Å². The number of hydrogen-bond acceptors (Lipinski definition) is 5. The molecule has 1 heterocycles. The molecule has 0 aliphatic carbocycles. The Morgan fingerprint density at radius 1 is 1.03 bits per heavy atom. The summed E-state index contributed by atoms with van der Waals surface area (Å²) < 4.78 is 34.3. The lowest BCUT2D eigenvalue weighted by atomic mass is 10.3. The van der Waals surface area contributed by atoms with Crippen LogP contribution in [0, 0.1) is 0 Å². The maximum absolute atomic E-state index is 12.6. The van der Waals surface area contributed by atoms with Gasteiger partial charge in [0.05, 0.1) is 27.9 Å². The van der Waals surface area contributed by atoms with E-state index in [9.17, 15) is 13.2 Å². The second-order valence-corrected chi connectivity index (χ2v) is 8.78. The normalized spacial score (nSPS) is 11.5. The van der Waals surface area contributed by atoms with Crippen LogP contribution in [-0.4, -0.2) is 24.3 Å². The first-order valence-electron chi connectivity index (χ1n) is 8.51. The van der Waals surface area contributed by atoms with Crippen LogP contribution in [0.1, 0.15) is 13.8 Å². The van der Waals surface area contributed by atoms with E-state index < -0.39 is 15.6 Å². The van der Waals surface area contributed by atoms with Gasteiger partial charge in [0.25, 0.3) is 15.6 Å². The molecular weight excluding hydrogens is 437 g/mol. The maximum atomic E-state index is 12.6. The monoisotopic (exact) mass is 453 g/mol. The van der Waals surface area contributed by atoms with Crippen molar-refractivity contribution in [1.82, 2.24) is 9.78 Å². The molecule has 0 aliphatic heterocycles. The second kappa shape index (κ2) is 8.44. The van der Waals surface area contributed by atoms with E-state index in [0.29, 0.717) is 17.1 Å². The first-order chi connectivity index (χ1) is 13.7. The lowest BCUT2D eigenvalue weighted by molar-refractivity contribution is 0.242. The molecule has 0 radical (unpaired) electrons. The highest BCUT2D eigenvalue weighted by Crippen LogP contribution is 2.21. The third-order valence-corrected chi connectivity index (χ3v) is 5.89. The maximum Gasteiger partial charge on any atom is 0.291 e. The molecule has 29 heavy (non-hydrogen) atoms. The fourth-order valence-electron chi connectivity index (χ4n) is 2.45. The molecule has 0 saturated carbocycles. The van der Waals surface area contributed by atoms with Crippen molar-refractivity contribution >= 4 is 38.9 Å². The minimum Gasteiger partial charge on any atom is -0.491 e. The van der Waals surface area contributed by atoms with E-state index in [1.54, 1.807) is 24.3 Å². The molecule has 2 aromatic carbocycles. The Kier molecular flexibility index (Phi) is 6.16. The zero-order chi connectivity index (χ0) is 21.2. The Balaban J connectivity index is 1.82. The number of aromatic nitrogens is 2. The van der Waals surface area contributed by atoms with Crippen molar-refractivity contribution in [3.8, 4) is 11.4 Å².